The number of carbonyl (C=O) groups excluding carboxylic acids is 3. The van der Waals surface area contributed by atoms with Crippen LogP contribution in [0.15, 0.2) is 111 Å². The van der Waals surface area contributed by atoms with E-state index in [0.717, 1.165) is 16.7 Å². The molecule has 1 N–H and O–H groups in total. The number of hydrogen-bond donors (Lipinski definition) is 1. The van der Waals surface area contributed by atoms with Gasteiger partial charge in [0.2, 0.25) is 11.8 Å². The minimum absolute atomic E-state index is 0.170. The maximum atomic E-state index is 13.8. The number of hydrogen-bond acceptors (Lipinski definition) is 5. The Morgan fingerprint density at radius 3 is 2.05 bits per heavy atom. The molecule has 2 aliphatic heterocycles. The average molecular weight is 668 g/mol. The minimum atomic E-state index is -0.967. The summed E-state index contributed by atoms with van der Waals surface area (Å²) in [6.07, 6.45) is 1.26. The monoisotopic (exact) mass is 666 g/mol. The quantitative estimate of drug-likeness (QED) is 0.241. The van der Waals surface area contributed by atoms with Crippen LogP contribution in [0, 0.1) is 0 Å². The van der Waals surface area contributed by atoms with Crippen molar-refractivity contribution in [1.82, 2.24) is 10.2 Å². The molecule has 39 heavy (non-hydrogen) atoms. The van der Waals surface area contributed by atoms with Crippen molar-refractivity contribution >= 4 is 61.4 Å². The van der Waals surface area contributed by atoms with E-state index >= 15 is 0 Å². The summed E-state index contributed by atoms with van der Waals surface area (Å²) < 4.78 is 6.77. The predicted molar refractivity (Wildman–Crippen MR) is 159 cm³/mol. The first-order chi connectivity index (χ1) is 18.9. The highest BCUT2D eigenvalue weighted by molar-refractivity contribution is 9.28. The Labute approximate surface area is 247 Å². The molecule has 0 spiro atoms. The number of nitrogens with zero attached hydrogens (tertiary/aromatic N) is 1. The Balaban J connectivity index is 1.38. The van der Waals surface area contributed by atoms with Crippen LogP contribution in [0.2, 0.25) is 0 Å². The number of nitrogens with one attached hydrogen (secondary N) is 1. The summed E-state index contributed by atoms with van der Waals surface area (Å²) in [5, 5.41) is 4.28. The molecule has 5 rings (SSSR count). The van der Waals surface area contributed by atoms with Gasteiger partial charge in [-0.3, -0.25) is 9.59 Å². The van der Waals surface area contributed by atoms with Crippen LogP contribution in [0.5, 0.6) is 0 Å². The van der Waals surface area contributed by atoms with Crippen LogP contribution in [-0.2, 0) is 25.5 Å². The first kappa shape index (κ1) is 27.4. The summed E-state index contributed by atoms with van der Waals surface area (Å²) in [6, 6.07) is 26.7. The van der Waals surface area contributed by atoms with Crippen molar-refractivity contribution in [3.63, 3.8) is 0 Å². The molecule has 0 bridgehead atoms. The van der Waals surface area contributed by atoms with E-state index in [1.807, 2.05) is 96.4 Å². The molecule has 0 aromatic heterocycles. The van der Waals surface area contributed by atoms with Crippen molar-refractivity contribution < 1.29 is 19.1 Å². The third kappa shape index (κ3) is 6.21. The van der Waals surface area contributed by atoms with Crippen LogP contribution >= 0.6 is 43.6 Å². The fourth-order valence-electron chi connectivity index (χ4n) is 4.67. The van der Waals surface area contributed by atoms with E-state index in [-0.39, 0.29) is 18.2 Å². The Morgan fingerprint density at radius 1 is 0.923 bits per heavy atom. The van der Waals surface area contributed by atoms with Crippen LogP contribution < -0.4 is 5.32 Å². The van der Waals surface area contributed by atoms with Gasteiger partial charge in [0, 0.05) is 0 Å². The molecular weight excluding hydrogens is 644 g/mol. The first-order valence-corrected chi connectivity index (χ1v) is 14.8. The lowest BCUT2D eigenvalue weighted by molar-refractivity contribution is -0.165. The van der Waals surface area contributed by atoms with Gasteiger partial charge in [-0.25, -0.2) is 4.79 Å². The molecule has 198 valence electrons. The second kappa shape index (κ2) is 12.4. The van der Waals surface area contributed by atoms with E-state index in [1.54, 1.807) is 6.08 Å². The number of fused-ring (bicyclic) bond motifs is 1. The van der Waals surface area contributed by atoms with Crippen molar-refractivity contribution in [1.29, 1.82) is 0 Å². The zero-order valence-electron chi connectivity index (χ0n) is 20.6. The highest BCUT2D eigenvalue weighted by Gasteiger charge is 2.56. The SMILES string of the molecule is O=C(Cc1ccccc1)NC1C(=O)N2C(C(=O)OC(c3ccccc3)c3ccccc3)C(C=C(Br)Br)=CS[C@H]12. The molecule has 0 saturated carbocycles. The fraction of sp³-hybridized carbons (Fsp3) is 0.167. The van der Waals surface area contributed by atoms with Crippen LogP contribution in [0.1, 0.15) is 22.8 Å². The number of ether oxygens (including phenoxy) is 1. The minimum Gasteiger partial charge on any atom is -0.451 e. The highest BCUT2D eigenvalue weighted by Crippen LogP contribution is 2.42. The van der Waals surface area contributed by atoms with Gasteiger partial charge in [-0.1, -0.05) is 91.0 Å². The van der Waals surface area contributed by atoms with Crippen molar-refractivity contribution in [2.24, 2.45) is 0 Å². The number of halogens is 2. The van der Waals surface area contributed by atoms with Crippen molar-refractivity contribution in [2.45, 2.75) is 30.0 Å². The zero-order chi connectivity index (χ0) is 27.4. The predicted octanol–water partition coefficient (Wildman–Crippen LogP) is 5.85. The van der Waals surface area contributed by atoms with E-state index in [1.165, 1.54) is 16.7 Å². The van der Waals surface area contributed by atoms with Gasteiger partial charge in [0.15, 0.2) is 12.1 Å². The van der Waals surface area contributed by atoms with Crippen LogP contribution in [0.25, 0.3) is 0 Å². The maximum Gasteiger partial charge on any atom is 0.334 e. The van der Waals surface area contributed by atoms with Crippen LogP contribution in [0.4, 0.5) is 0 Å². The summed E-state index contributed by atoms with van der Waals surface area (Å²) in [4.78, 5) is 41.4. The molecule has 9 heteroatoms. The fourth-order valence-corrected chi connectivity index (χ4v) is 6.39. The van der Waals surface area contributed by atoms with Gasteiger partial charge < -0.3 is 15.0 Å². The number of amides is 2. The van der Waals surface area contributed by atoms with Crippen LogP contribution in [0.3, 0.4) is 0 Å². The van der Waals surface area contributed by atoms with E-state index in [4.69, 9.17) is 4.74 Å². The van der Waals surface area contributed by atoms with E-state index in [9.17, 15) is 14.4 Å². The lowest BCUT2D eigenvalue weighted by atomic mass is 9.97. The lowest BCUT2D eigenvalue weighted by Gasteiger charge is -2.51. The van der Waals surface area contributed by atoms with E-state index in [2.05, 4.69) is 37.2 Å². The van der Waals surface area contributed by atoms with E-state index < -0.39 is 29.5 Å². The molecule has 1 fully saturated rings. The number of thioether (sulfide) groups is 1. The standard InChI is InChI=1S/C30H24Br2N2O4S/c31-23(32)17-22-18-39-29-25(33-24(35)16-19-10-4-1-5-11-19)28(36)34(29)26(22)30(37)38-27(20-12-6-2-7-13-20)21-14-8-3-9-15-21/h1-15,17-18,25-27,29H,16H2,(H,33,35)/t25?,26?,29-/m1/s1. The first-order valence-electron chi connectivity index (χ1n) is 12.3. The molecule has 0 radical (unpaired) electrons. The molecule has 3 aromatic rings. The largest absolute Gasteiger partial charge is 0.451 e. The van der Waals surface area contributed by atoms with Gasteiger partial charge in [-0.2, -0.15) is 0 Å². The highest BCUT2D eigenvalue weighted by atomic mass is 79.9. The smallest absolute Gasteiger partial charge is 0.334 e. The molecule has 3 aromatic carbocycles. The summed E-state index contributed by atoms with van der Waals surface area (Å²) in [7, 11) is 0. The normalized spacial score (nSPS) is 19.9. The Kier molecular flexibility index (Phi) is 8.69. The second-order valence-corrected chi connectivity index (χ2v) is 12.8. The molecule has 2 aliphatic rings. The molecule has 0 aliphatic carbocycles. The zero-order valence-corrected chi connectivity index (χ0v) is 24.6. The van der Waals surface area contributed by atoms with Gasteiger partial charge in [-0.05, 0) is 65.6 Å². The summed E-state index contributed by atoms with van der Waals surface area (Å²) in [6.45, 7) is 0. The summed E-state index contributed by atoms with van der Waals surface area (Å²) >= 11 is 8.13. The Morgan fingerprint density at radius 2 is 1.49 bits per heavy atom. The summed E-state index contributed by atoms with van der Waals surface area (Å²) in [5.74, 6) is -1.12. The van der Waals surface area contributed by atoms with Crippen molar-refractivity contribution in [3.8, 4) is 0 Å². The number of benzene rings is 3. The van der Waals surface area contributed by atoms with Gasteiger partial charge in [0.05, 0.1) is 9.81 Å². The molecule has 1 saturated heterocycles. The Hall–Kier alpha value is -3.14. The molecular formula is C30H24Br2N2O4S. The van der Waals surface area contributed by atoms with E-state index in [0.29, 0.717) is 8.96 Å². The third-order valence-corrected chi connectivity index (χ3v) is 8.12. The topological polar surface area (TPSA) is 75.7 Å². The number of carbonyl (C=O) groups is 3. The summed E-state index contributed by atoms with van der Waals surface area (Å²) in [5.41, 5.74) is 3.11. The number of β-lactam (4-membered cyclic amide) rings is 1. The molecule has 3 atom stereocenters. The van der Waals surface area contributed by atoms with Gasteiger partial charge in [0.25, 0.3) is 0 Å². The molecule has 6 nitrogen and oxygen atoms in total. The number of rotatable bonds is 8. The molecule has 2 heterocycles. The Bertz CT molecular complexity index is 1370. The van der Waals surface area contributed by atoms with Gasteiger partial charge in [0.1, 0.15) is 11.4 Å². The average Bonchev–Trinajstić information content (AvgIpc) is 2.95. The number of esters is 1. The lowest BCUT2D eigenvalue weighted by Crippen LogP contribution is -2.74. The third-order valence-electron chi connectivity index (χ3n) is 6.48. The van der Waals surface area contributed by atoms with Crippen molar-refractivity contribution in [2.75, 3.05) is 0 Å². The van der Waals surface area contributed by atoms with Crippen LogP contribution in [-0.4, -0.2) is 40.1 Å². The van der Waals surface area contributed by atoms with Gasteiger partial charge in [-0.15, -0.1) is 11.8 Å². The molecule has 2 unspecified atom stereocenters. The second-order valence-electron chi connectivity index (χ2n) is 9.07. The molecule has 2 amide bonds. The van der Waals surface area contributed by atoms with Crippen molar-refractivity contribution in [3.05, 3.63) is 128 Å². The van der Waals surface area contributed by atoms with Gasteiger partial charge >= 0.3 is 5.97 Å². The maximum absolute atomic E-state index is 13.8.